The van der Waals surface area contributed by atoms with Crippen molar-refractivity contribution < 1.29 is 24.1 Å². The molecule has 1 aromatic carbocycles. The van der Waals surface area contributed by atoms with Crippen molar-refractivity contribution in [3.8, 4) is 11.5 Å². The van der Waals surface area contributed by atoms with Gasteiger partial charge in [-0.05, 0) is 6.42 Å². The van der Waals surface area contributed by atoms with Crippen molar-refractivity contribution in [1.82, 2.24) is 0 Å². The van der Waals surface area contributed by atoms with Gasteiger partial charge < -0.3 is 19.3 Å². The fraction of sp³-hybridized carbons (Fsp3) is 0.500. The number of hydrogen-bond donors (Lipinski definition) is 1. The largest absolute Gasteiger partial charge is 0.496 e. The summed E-state index contributed by atoms with van der Waals surface area (Å²) >= 11 is 6.19. The zero-order chi connectivity index (χ0) is 14.9. The maximum absolute atomic E-state index is 11.2. The summed E-state index contributed by atoms with van der Waals surface area (Å²) in [5.41, 5.74) is 1.58. The molecule has 0 fully saturated rings. The minimum atomic E-state index is -0.981. The average molecular weight is 301 g/mol. The first-order chi connectivity index (χ1) is 9.53. The van der Waals surface area contributed by atoms with Crippen molar-refractivity contribution in [3.05, 3.63) is 22.2 Å². The topological polar surface area (TPSA) is 65.0 Å². The summed E-state index contributed by atoms with van der Waals surface area (Å²) < 4.78 is 16.3. The first-order valence-corrected chi connectivity index (χ1v) is 6.72. The number of fused-ring (bicyclic) bond motifs is 1. The summed E-state index contributed by atoms with van der Waals surface area (Å²) in [5, 5.41) is 9.63. The molecule has 110 valence electrons. The van der Waals surface area contributed by atoms with Crippen molar-refractivity contribution in [1.29, 1.82) is 0 Å². The number of rotatable bonds is 4. The van der Waals surface area contributed by atoms with Crippen LogP contribution in [-0.2, 0) is 16.0 Å². The number of ether oxygens (including phenoxy) is 3. The van der Waals surface area contributed by atoms with E-state index < -0.39 is 12.1 Å². The summed E-state index contributed by atoms with van der Waals surface area (Å²) in [6.45, 7) is 1.92. The summed E-state index contributed by atoms with van der Waals surface area (Å²) in [5.74, 6) is 0.113. The van der Waals surface area contributed by atoms with Crippen LogP contribution in [0.1, 0.15) is 30.6 Å². The van der Waals surface area contributed by atoms with Crippen LogP contribution in [0.3, 0.4) is 0 Å². The molecule has 20 heavy (non-hydrogen) atoms. The highest BCUT2D eigenvalue weighted by atomic mass is 35.5. The van der Waals surface area contributed by atoms with E-state index in [0.717, 1.165) is 11.1 Å². The van der Waals surface area contributed by atoms with Crippen molar-refractivity contribution in [2.24, 2.45) is 0 Å². The van der Waals surface area contributed by atoms with E-state index in [0.29, 0.717) is 22.9 Å². The first-order valence-electron chi connectivity index (χ1n) is 6.34. The Hall–Kier alpha value is -1.46. The number of hydrogen-bond acceptors (Lipinski definition) is 4. The van der Waals surface area contributed by atoms with Crippen molar-refractivity contribution in [2.45, 2.75) is 32.0 Å². The van der Waals surface area contributed by atoms with Gasteiger partial charge in [0.2, 0.25) is 0 Å². The van der Waals surface area contributed by atoms with Gasteiger partial charge in [-0.1, -0.05) is 18.5 Å². The highest BCUT2D eigenvalue weighted by Gasteiger charge is 2.36. The zero-order valence-electron chi connectivity index (χ0n) is 11.6. The van der Waals surface area contributed by atoms with E-state index in [1.54, 1.807) is 6.07 Å². The maximum atomic E-state index is 11.2. The number of methoxy groups -OCH3 is 2. The number of aliphatic carboxylic acids is 1. The molecule has 0 saturated heterocycles. The second-order valence-corrected chi connectivity index (χ2v) is 4.96. The lowest BCUT2D eigenvalue weighted by atomic mass is 9.91. The quantitative estimate of drug-likeness (QED) is 0.926. The molecule has 1 aliphatic rings. The summed E-state index contributed by atoms with van der Waals surface area (Å²) in [6.07, 6.45) is -0.399. The lowest BCUT2D eigenvalue weighted by Gasteiger charge is -2.32. The van der Waals surface area contributed by atoms with Gasteiger partial charge in [0, 0.05) is 23.6 Å². The summed E-state index contributed by atoms with van der Waals surface area (Å²) in [6, 6.07) is 1.65. The van der Waals surface area contributed by atoms with Crippen molar-refractivity contribution in [2.75, 3.05) is 14.2 Å². The molecular weight excluding hydrogens is 284 g/mol. The molecule has 5 nitrogen and oxygen atoms in total. The van der Waals surface area contributed by atoms with Gasteiger partial charge in [-0.15, -0.1) is 0 Å². The summed E-state index contributed by atoms with van der Waals surface area (Å²) in [4.78, 5) is 11.2. The van der Waals surface area contributed by atoms with E-state index in [-0.39, 0.29) is 12.5 Å². The number of carboxylic acids is 1. The van der Waals surface area contributed by atoms with Gasteiger partial charge in [0.15, 0.2) is 6.10 Å². The molecule has 1 aromatic rings. The Morgan fingerprint density at radius 2 is 2.20 bits per heavy atom. The second kappa shape index (κ2) is 5.89. The Kier molecular flexibility index (Phi) is 4.40. The molecule has 6 heteroatoms. The van der Waals surface area contributed by atoms with Gasteiger partial charge in [-0.25, -0.2) is 4.79 Å². The molecule has 2 unspecified atom stereocenters. The van der Waals surface area contributed by atoms with E-state index in [1.807, 2.05) is 6.92 Å². The fourth-order valence-corrected chi connectivity index (χ4v) is 2.83. The SMILES string of the molecule is CCC1OC(C(=O)O)Cc2c(OC)cc(Cl)c(OC)c21. The Balaban J connectivity index is 2.63. The molecule has 0 aromatic heterocycles. The third-order valence-corrected chi connectivity index (χ3v) is 3.73. The zero-order valence-corrected chi connectivity index (χ0v) is 12.4. The number of carbonyl (C=O) groups is 1. The van der Waals surface area contributed by atoms with Crippen LogP contribution < -0.4 is 9.47 Å². The molecule has 0 bridgehead atoms. The smallest absolute Gasteiger partial charge is 0.333 e. The average Bonchev–Trinajstić information content (AvgIpc) is 2.45. The molecule has 2 rings (SSSR count). The maximum Gasteiger partial charge on any atom is 0.333 e. The second-order valence-electron chi connectivity index (χ2n) is 4.55. The normalized spacial score (nSPS) is 21.2. The molecule has 0 spiro atoms. The Labute approximate surface area is 122 Å². The third kappa shape index (κ3) is 2.43. The molecule has 0 aliphatic carbocycles. The van der Waals surface area contributed by atoms with Crippen LogP contribution in [0.4, 0.5) is 0 Å². The van der Waals surface area contributed by atoms with Crippen molar-refractivity contribution in [3.63, 3.8) is 0 Å². The van der Waals surface area contributed by atoms with E-state index >= 15 is 0 Å². The Morgan fingerprint density at radius 1 is 1.50 bits per heavy atom. The van der Waals surface area contributed by atoms with Crippen LogP contribution in [0.25, 0.3) is 0 Å². The standard InChI is InChI=1S/C14H17ClO5/c1-4-9-12-7(5-11(20-9)14(16)17)10(18-2)6-8(15)13(12)19-3/h6,9,11H,4-5H2,1-3H3,(H,16,17). The Bertz CT molecular complexity index is 529. The van der Waals surface area contributed by atoms with Crippen LogP contribution in [0, 0.1) is 0 Å². The molecule has 0 amide bonds. The van der Waals surface area contributed by atoms with Gasteiger partial charge in [-0.2, -0.15) is 0 Å². The minimum Gasteiger partial charge on any atom is -0.496 e. The molecule has 1 N–H and O–H groups in total. The van der Waals surface area contributed by atoms with E-state index in [4.69, 9.17) is 25.8 Å². The lowest BCUT2D eigenvalue weighted by molar-refractivity contribution is -0.156. The van der Waals surface area contributed by atoms with Gasteiger partial charge in [0.1, 0.15) is 11.5 Å². The van der Waals surface area contributed by atoms with Crippen LogP contribution in [0.2, 0.25) is 5.02 Å². The number of halogens is 1. The predicted octanol–water partition coefficient (Wildman–Crippen LogP) is 2.83. The van der Waals surface area contributed by atoms with E-state index in [1.165, 1.54) is 14.2 Å². The van der Waals surface area contributed by atoms with Gasteiger partial charge >= 0.3 is 5.97 Å². The fourth-order valence-electron chi connectivity index (χ4n) is 2.55. The predicted molar refractivity (Wildman–Crippen MR) is 73.8 cm³/mol. The van der Waals surface area contributed by atoms with Crippen LogP contribution in [0.15, 0.2) is 6.07 Å². The highest BCUT2D eigenvalue weighted by molar-refractivity contribution is 6.32. The van der Waals surface area contributed by atoms with Gasteiger partial charge in [0.25, 0.3) is 0 Å². The van der Waals surface area contributed by atoms with Gasteiger partial charge in [-0.3, -0.25) is 0 Å². The lowest BCUT2D eigenvalue weighted by Crippen LogP contribution is -2.33. The minimum absolute atomic E-state index is 0.234. The monoisotopic (exact) mass is 300 g/mol. The van der Waals surface area contributed by atoms with E-state index in [9.17, 15) is 9.90 Å². The van der Waals surface area contributed by atoms with Crippen LogP contribution in [-0.4, -0.2) is 31.4 Å². The van der Waals surface area contributed by atoms with E-state index in [2.05, 4.69) is 0 Å². The van der Waals surface area contributed by atoms with Crippen molar-refractivity contribution >= 4 is 17.6 Å². The molecule has 0 radical (unpaired) electrons. The Morgan fingerprint density at radius 3 is 2.70 bits per heavy atom. The molecule has 1 aliphatic heterocycles. The van der Waals surface area contributed by atoms with Crippen LogP contribution in [0.5, 0.6) is 11.5 Å². The first kappa shape index (κ1) is 14.9. The molecular formula is C14H17ClO5. The van der Waals surface area contributed by atoms with Crippen LogP contribution >= 0.6 is 11.6 Å². The number of carboxylic acid groups (broad SMARTS) is 1. The highest BCUT2D eigenvalue weighted by Crippen LogP contribution is 2.46. The molecule has 1 heterocycles. The van der Waals surface area contributed by atoms with Gasteiger partial charge in [0.05, 0.1) is 25.3 Å². The summed E-state index contributed by atoms with van der Waals surface area (Å²) in [7, 11) is 3.06. The third-order valence-electron chi connectivity index (χ3n) is 3.45. The molecule has 2 atom stereocenters. The molecule has 0 saturated carbocycles. The number of benzene rings is 1.